The van der Waals surface area contributed by atoms with Gasteiger partial charge in [0.2, 0.25) is 5.91 Å². The second-order valence-corrected chi connectivity index (χ2v) is 8.27. The van der Waals surface area contributed by atoms with Crippen molar-refractivity contribution in [1.29, 1.82) is 0 Å². The van der Waals surface area contributed by atoms with E-state index in [0.29, 0.717) is 16.1 Å². The van der Waals surface area contributed by atoms with Gasteiger partial charge in [-0.2, -0.15) is 18.3 Å². The Kier molecular flexibility index (Phi) is 5.23. The molecule has 0 bridgehead atoms. The summed E-state index contributed by atoms with van der Waals surface area (Å²) in [7, 11) is 0. The maximum atomic E-state index is 13.1. The molecule has 0 saturated heterocycles. The summed E-state index contributed by atoms with van der Waals surface area (Å²) in [5, 5.41) is 6.65. The molecule has 1 aromatic carbocycles. The number of carbonyl (C=O) groups excluding carboxylic acids is 2. The van der Waals surface area contributed by atoms with Gasteiger partial charge in [0, 0.05) is 16.6 Å². The number of amides is 1. The second-order valence-electron chi connectivity index (χ2n) is 7.16. The lowest BCUT2D eigenvalue weighted by atomic mass is 10.0. The van der Waals surface area contributed by atoms with E-state index < -0.39 is 17.8 Å². The standard InChI is InChI=1S/C21H18F3N3O2S/c1-12-10-27(26-19(12)21(22,23)24)11-16(28)25-20-17(14-8-5-9-15(14)30-20)18(29)13-6-3-2-4-7-13/h2-4,6-7,10H,5,8-9,11H2,1H3,(H,25,28). The van der Waals surface area contributed by atoms with Crippen molar-refractivity contribution < 1.29 is 22.8 Å². The highest BCUT2D eigenvalue weighted by Gasteiger charge is 2.36. The van der Waals surface area contributed by atoms with Crippen LogP contribution >= 0.6 is 11.3 Å². The number of aromatic nitrogens is 2. The molecule has 4 rings (SSSR count). The number of carbonyl (C=O) groups is 2. The van der Waals surface area contributed by atoms with E-state index in [1.165, 1.54) is 24.5 Å². The number of nitrogens with one attached hydrogen (secondary N) is 1. The number of halogens is 3. The van der Waals surface area contributed by atoms with Crippen LogP contribution in [0.15, 0.2) is 36.5 Å². The molecule has 0 atom stereocenters. The van der Waals surface area contributed by atoms with Crippen LogP contribution in [0.1, 0.15) is 44.0 Å². The molecule has 1 aliphatic carbocycles. The zero-order valence-electron chi connectivity index (χ0n) is 16.0. The molecule has 0 saturated carbocycles. The number of fused-ring (bicyclic) bond motifs is 1. The lowest BCUT2D eigenvalue weighted by Gasteiger charge is -2.08. The highest BCUT2D eigenvalue weighted by molar-refractivity contribution is 7.17. The molecule has 1 aliphatic rings. The van der Waals surface area contributed by atoms with Crippen molar-refractivity contribution in [1.82, 2.24) is 9.78 Å². The molecule has 30 heavy (non-hydrogen) atoms. The van der Waals surface area contributed by atoms with Gasteiger partial charge < -0.3 is 5.32 Å². The van der Waals surface area contributed by atoms with Crippen LogP contribution in [0.25, 0.3) is 0 Å². The Morgan fingerprint density at radius 2 is 1.93 bits per heavy atom. The quantitative estimate of drug-likeness (QED) is 0.597. The molecule has 3 aromatic rings. The van der Waals surface area contributed by atoms with E-state index in [2.05, 4.69) is 10.4 Å². The van der Waals surface area contributed by atoms with Crippen LogP contribution in [0.2, 0.25) is 0 Å². The number of hydrogen-bond acceptors (Lipinski definition) is 4. The first kappa shape index (κ1) is 20.3. The van der Waals surface area contributed by atoms with Crippen molar-refractivity contribution in [3.8, 4) is 0 Å². The van der Waals surface area contributed by atoms with Crippen LogP contribution in [0, 0.1) is 6.92 Å². The van der Waals surface area contributed by atoms with Crippen molar-refractivity contribution in [2.75, 3.05) is 5.32 Å². The largest absolute Gasteiger partial charge is 0.435 e. The molecule has 2 aromatic heterocycles. The smallest absolute Gasteiger partial charge is 0.315 e. The van der Waals surface area contributed by atoms with Crippen molar-refractivity contribution in [3.63, 3.8) is 0 Å². The summed E-state index contributed by atoms with van der Waals surface area (Å²) in [5.74, 6) is -0.701. The van der Waals surface area contributed by atoms with Gasteiger partial charge in [-0.05, 0) is 37.3 Å². The van der Waals surface area contributed by atoms with Crippen LogP contribution < -0.4 is 5.32 Å². The fraction of sp³-hybridized carbons (Fsp3) is 0.286. The molecular formula is C21H18F3N3O2S. The predicted octanol–water partition coefficient (Wildman–Crippen LogP) is 4.63. The summed E-state index contributed by atoms with van der Waals surface area (Å²) in [6, 6.07) is 8.81. The number of hydrogen-bond donors (Lipinski definition) is 1. The summed E-state index contributed by atoms with van der Waals surface area (Å²) >= 11 is 1.36. The van der Waals surface area contributed by atoms with Crippen LogP contribution in [0.5, 0.6) is 0 Å². The van der Waals surface area contributed by atoms with Crippen LogP contribution in [-0.4, -0.2) is 21.5 Å². The van der Waals surface area contributed by atoms with Crippen molar-refractivity contribution in [2.24, 2.45) is 0 Å². The first-order chi connectivity index (χ1) is 14.2. The third-order valence-electron chi connectivity index (χ3n) is 4.96. The van der Waals surface area contributed by atoms with E-state index in [1.54, 1.807) is 24.3 Å². The SMILES string of the molecule is Cc1cn(CC(=O)Nc2sc3c(c2C(=O)c2ccccc2)CCC3)nc1C(F)(F)F. The number of benzene rings is 1. The summed E-state index contributed by atoms with van der Waals surface area (Å²) in [5.41, 5.74) is 0.909. The maximum Gasteiger partial charge on any atom is 0.435 e. The van der Waals surface area contributed by atoms with E-state index >= 15 is 0 Å². The number of nitrogens with zero attached hydrogens (tertiary/aromatic N) is 2. The first-order valence-electron chi connectivity index (χ1n) is 9.39. The second kappa shape index (κ2) is 7.71. The molecule has 156 valence electrons. The Hall–Kier alpha value is -2.94. The number of aryl methyl sites for hydroxylation is 2. The minimum absolute atomic E-state index is 0.0506. The highest BCUT2D eigenvalue weighted by Crippen LogP contribution is 2.40. The minimum atomic E-state index is -4.57. The third-order valence-corrected chi connectivity index (χ3v) is 6.16. The summed E-state index contributed by atoms with van der Waals surface area (Å²) in [6.45, 7) is 0.920. The summed E-state index contributed by atoms with van der Waals surface area (Å²) < 4.78 is 39.8. The molecule has 0 radical (unpaired) electrons. The van der Waals surface area contributed by atoms with Gasteiger partial charge in [-0.3, -0.25) is 14.3 Å². The molecule has 0 aliphatic heterocycles. The normalized spacial score (nSPS) is 13.3. The van der Waals surface area contributed by atoms with Gasteiger partial charge in [-0.15, -0.1) is 11.3 Å². The monoisotopic (exact) mass is 433 g/mol. The highest BCUT2D eigenvalue weighted by atomic mass is 32.1. The molecule has 0 spiro atoms. The fourth-order valence-electron chi connectivity index (χ4n) is 3.66. The van der Waals surface area contributed by atoms with Gasteiger partial charge >= 0.3 is 6.18 Å². The number of ketones is 1. The summed E-state index contributed by atoms with van der Waals surface area (Å²) in [6.07, 6.45) is -0.819. The average molecular weight is 433 g/mol. The van der Waals surface area contributed by atoms with Crippen LogP contribution in [0.4, 0.5) is 18.2 Å². The molecule has 2 heterocycles. The summed E-state index contributed by atoms with van der Waals surface area (Å²) in [4.78, 5) is 26.7. The predicted molar refractivity (Wildman–Crippen MR) is 107 cm³/mol. The van der Waals surface area contributed by atoms with Crippen molar-refractivity contribution in [3.05, 3.63) is 69.4 Å². The van der Waals surface area contributed by atoms with Gasteiger partial charge in [0.1, 0.15) is 11.5 Å². The molecule has 0 unspecified atom stereocenters. The number of thiophene rings is 1. The Bertz CT molecular complexity index is 1120. The molecule has 9 heteroatoms. The van der Waals surface area contributed by atoms with E-state index in [-0.39, 0.29) is 17.9 Å². The van der Waals surface area contributed by atoms with Crippen LogP contribution in [0.3, 0.4) is 0 Å². The van der Waals surface area contributed by atoms with Gasteiger partial charge in [0.15, 0.2) is 11.5 Å². The first-order valence-corrected chi connectivity index (χ1v) is 10.2. The number of anilines is 1. The molecular weight excluding hydrogens is 415 g/mol. The topological polar surface area (TPSA) is 64.0 Å². The molecule has 1 N–H and O–H groups in total. The minimum Gasteiger partial charge on any atom is -0.315 e. The zero-order chi connectivity index (χ0) is 21.5. The van der Waals surface area contributed by atoms with Crippen LogP contribution in [-0.2, 0) is 30.4 Å². The van der Waals surface area contributed by atoms with E-state index in [4.69, 9.17) is 0 Å². The zero-order valence-corrected chi connectivity index (χ0v) is 16.9. The van der Waals surface area contributed by atoms with Crippen molar-refractivity contribution >= 4 is 28.0 Å². The lowest BCUT2D eigenvalue weighted by Crippen LogP contribution is -2.20. The fourth-order valence-corrected chi connectivity index (χ4v) is 4.96. The Labute approximate surface area is 174 Å². The number of rotatable bonds is 5. The molecule has 5 nitrogen and oxygen atoms in total. The third kappa shape index (κ3) is 3.89. The molecule has 1 amide bonds. The van der Waals surface area contributed by atoms with Gasteiger partial charge in [-0.25, -0.2) is 0 Å². The van der Waals surface area contributed by atoms with Gasteiger partial charge in [0.05, 0.1) is 5.56 Å². The number of alkyl halides is 3. The molecule has 0 fully saturated rings. The average Bonchev–Trinajstić information content (AvgIpc) is 3.36. The van der Waals surface area contributed by atoms with Gasteiger partial charge in [0.25, 0.3) is 0 Å². The van der Waals surface area contributed by atoms with E-state index in [9.17, 15) is 22.8 Å². The van der Waals surface area contributed by atoms with E-state index in [0.717, 1.165) is 34.4 Å². The Balaban J connectivity index is 1.58. The van der Waals surface area contributed by atoms with Crippen molar-refractivity contribution in [2.45, 2.75) is 38.9 Å². The Morgan fingerprint density at radius 1 is 1.20 bits per heavy atom. The maximum absolute atomic E-state index is 13.1. The van der Waals surface area contributed by atoms with E-state index in [1.807, 2.05) is 6.07 Å². The van der Waals surface area contributed by atoms with Gasteiger partial charge in [-0.1, -0.05) is 30.3 Å². The lowest BCUT2D eigenvalue weighted by molar-refractivity contribution is -0.142. The Morgan fingerprint density at radius 3 is 2.60 bits per heavy atom.